The molecule has 1 aromatic heterocycles. The summed E-state index contributed by atoms with van der Waals surface area (Å²) in [6.45, 7) is 4.38. The van der Waals surface area contributed by atoms with E-state index < -0.39 is 0 Å². The predicted molar refractivity (Wildman–Crippen MR) is 61.1 cm³/mol. The maximum atomic E-state index is 4.48. The Bertz CT molecular complexity index is 367. The zero-order valence-corrected chi connectivity index (χ0v) is 9.53. The largest absolute Gasteiger partial charge is 0.367 e. The molecule has 3 heteroatoms. The third-order valence-electron chi connectivity index (χ3n) is 3.82. The molecule has 15 heavy (non-hydrogen) atoms. The molecule has 1 N–H and O–H groups in total. The van der Waals surface area contributed by atoms with Gasteiger partial charge in [0, 0.05) is 17.6 Å². The van der Waals surface area contributed by atoms with Crippen LogP contribution >= 0.6 is 0 Å². The predicted octanol–water partition coefficient (Wildman–Crippen LogP) is 2.60. The monoisotopic (exact) mass is 205 g/mol. The highest BCUT2D eigenvalue weighted by molar-refractivity contribution is 5.48. The number of aromatic nitrogens is 2. The molecule has 0 amide bonds. The van der Waals surface area contributed by atoms with Crippen molar-refractivity contribution in [2.75, 3.05) is 5.32 Å². The van der Waals surface area contributed by atoms with Gasteiger partial charge in [0.1, 0.15) is 5.82 Å². The molecule has 0 unspecified atom stereocenters. The lowest BCUT2D eigenvalue weighted by Crippen LogP contribution is -2.31. The number of rotatable bonds is 1. The van der Waals surface area contributed by atoms with E-state index in [0.29, 0.717) is 12.1 Å². The number of hydrogen-bond donors (Lipinski definition) is 1. The first kappa shape index (κ1) is 9.25. The second kappa shape index (κ2) is 3.26. The first-order valence-electron chi connectivity index (χ1n) is 6.08. The fourth-order valence-corrected chi connectivity index (χ4v) is 3.03. The van der Waals surface area contributed by atoms with Crippen LogP contribution < -0.4 is 5.32 Å². The number of hydrogen-bond acceptors (Lipinski definition) is 2. The Morgan fingerprint density at radius 3 is 3.13 bits per heavy atom. The number of nitrogens with one attached hydrogen (secondary N) is 1. The van der Waals surface area contributed by atoms with Gasteiger partial charge in [-0.25, -0.2) is 4.68 Å². The van der Waals surface area contributed by atoms with Crippen LogP contribution in [0.4, 0.5) is 5.82 Å². The zero-order chi connectivity index (χ0) is 10.4. The lowest BCUT2D eigenvalue weighted by atomic mass is 9.92. The Labute approximate surface area is 90.9 Å². The average molecular weight is 205 g/mol. The number of fused-ring (bicyclic) bond motifs is 2. The minimum atomic E-state index is 0.458. The molecule has 0 saturated heterocycles. The van der Waals surface area contributed by atoms with Crippen LogP contribution in [0.25, 0.3) is 0 Å². The van der Waals surface area contributed by atoms with Crippen molar-refractivity contribution >= 4 is 5.82 Å². The van der Waals surface area contributed by atoms with Crippen LogP contribution in [0.1, 0.15) is 44.7 Å². The third-order valence-corrected chi connectivity index (χ3v) is 3.82. The second-order valence-corrected chi connectivity index (χ2v) is 5.20. The van der Waals surface area contributed by atoms with Crippen molar-refractivity contribution in [3.05, 3.63) is 11.8 Å². The van der Waals surface area contributed by atoms with Gasteiger partial charge in [-0.05, 0) is 39.0 Å². The summed E-state index contributed by atoms with van der Waals surface area (Å²) in [7, 11) is 0. The van der Waals surface area contributed by atoms with Gasteiger partial charge in [-0.1, -0.05) is 6.42 Å². The molecule has 1 saturated carbocycles. The molecule has 1 aliphatic heterocycles. The van der Waals surface area contributed by atoms with Crippen LogP contribution in [-0.2, 0) is 6.42 Å². The molecule has 82 valence electrons. The lowest BCUT2D eigenvalue weighted by molar-refractivity contribution is 0.470. The summed E-state index contributed by atoms with van der Waals surface area (Å²) in [5, 5.41) is 8.17. The molecule has 3 nitrogen and oxygen atoms in total. The van der Waals surface area contributed by atoms with E-state index in [4.69, 9.17) is 0 Å². The summed E-state index contributed by atoms with van der Waals surface area (Å²) < 4.78 is 2.13. The van der Waals surface area contributed by atoms with E-state index in [2.05, 4.69) is 35.1 Å². The van der Waals surface area contributed by atoms with Crippen LogP contribution in [0.5, 0.6) is 0 Å². The van der Waals surface area contributed by atoms with E-state index in [1.807, 2.05) is 0 Å². The van der Waals surface area contributed by atoms with Gasteiger partial charge in [0.05, 0.1) is 6.20 Å². The van der Waals surface area contributed by atoms with Gasteiger partial charge < -0.3 is 5.32 Å². The summed E-state index contributed by atoms with van der Waals surface area (Å²) >= 11 is 0. The SMILES string of the molecule is CC(C)n1ncc2c1N[C@H]1CCC[C@@H]1C2. The van der Waals surface area contributed by atoms with E-state index in [1.165, 1.54) is 37.1 Å². The quantitative estimate of drug-likeness (QED) is 0.763. The molecule has 1 aromatic rings. The normalized spacial score (nSPS) is 28.7. The van der Waals surface area contributed by atoms with Crippen LogP contribution in [0.15, 0.2) is 6.20 Å². The fraction of sp³-hybridized carbons (Fsp3) is 0.750. The minimum absolute atomic E-state index is 0.458. The molecule has 2 heterocycles. The van der Waals surface area contributed by atoms with Gasteiger partial charge in [-0.3, -0.25) is 0 Å². The Hall–Kier alpha value is -0.990. The van der Waals surface area contributed by atoms with Crippen molar-refractivity contribution in [1.29, 1.82) is 0 Å². The molecule has 1 aliphatic carbocycles. The van der Waals surface area contributed by atoms with Crippen LogP contribution in [0.2, 0.25) is 0 Å². The Morgan fingerprint density at radius 1 is 1.47 bits per heavy atom. The lowest BCUT2D eigenvalue weighted by Gasteiger charge is -2.29. The first-order valence-corrected chi connectivity index (χ1v) is 6.08. The first-order chi connectivity index (χ1) is 7.25. The molecule has 0 spiro atoms. The van der Waals surface area contributed by atoms with Gasteiger partial charge in [0.15, 0.2) is 0 Å². The average Bonchev–Trinajstić information content (AvgIpc) is 2.77. The third kappa shape index (κ3) is 1.36. The van der Waals surface area contributed by atoms with E-state index in [0.717, 1.165) is 5.92 Å². The van der Waals surface area contributed by atoms with E-state index in [-0.39, 0.29) is 0 Å². The topological polar surface area (TPSA) is 29.9 Å². The molecule has 0 radical (unpaired) electrons. The molecule has 2 atom stereocenters. The van der Waals surface area contributed by atoms with Crippen LogP contribution in [-0.4, -0.2) is 15.8 Å². The minimum Gasteiger partial charge on any atom is -0.367 e. The van der Waals surface area contributed by atoms with Gasteiger partial charge in [-0.15, -0.1) is 0 Å². The summed E-state index contributed by atoms with van der Waals surface area (Å²) in [5.74, 6) is 2.15. The van der Waals surface area contributed by atoms with Gasteiger partial charge in [0.25, 0.3) is 0 Å². The molecular weight excluding hydrogens is 186 g/mol. The number of nitrogens with zero attached hydrogens (tertiary/aromatic N) is 2. The van der Waals surface area contributed by atoms with Crippen molar-refractivity contribution in [3.63, 3.8) is 0 Å². The van der Waals surface area contributed by atoms with Crippen molar-refractivity contribution < 1.29 is 0 Å². The fourth-order valence-electron chi connectivity index (χ4n) is 3.03. The van der Waals surface area contributed by atoms with E-state index >= 15 is 0 Å². The van der Waals surface area contributed by atoms with Gasteiger partial charge >= 0.3 is 0 Å². The maximum absolute atomic E-state index is 4.48. The molecule has 2 aliphatic rings. The van der Waals surface area contributed by atoms with Crippen molar-refractivity contribution in [2.24, 2.45) is 5.92 Å². The molecule has 0 aromatic carbocycles. The zero-order valence-electron chi connectivity index (χ0n) is 9.53. The summed E-state index contributed by atoms with van der Waals surface area (Å²) in [4.78, 5) is 0. The summed E-state index contributed by atoms with van der Waals surface area (Å²) in [6, 6.07) is 1.17. The Balaban J connectivity index is 1.95. The highest BCUT2D eigenvalue weighted by Crippen LogP contribution is 2.38. The molecular formula is C12H19N3. The number of anilines is 1. The Morgan fingerprint density at radius 2 is 2.33 bits per heavy atom. The van der Waals surface area contributed by atoms with Crippen molar-refractivity contribution in [2.45, 2.75) is 51.6 Å². The molecule has 0 bridgehead atoms. The van der Waals surface area contributed by atoms with Gasteiger partial charge in [-0.2, -0.15) is 5.10 Å². The maximum Gasteiger partial charge on any atom is 0.128 e. The van der Waals surface area contributed by atoms with Crippen LogP contribution in [0, 0.1) is 5.92 Å². The highest BCUT2D eigenvalue weighted by atomic mass is 15.3. The van der Waals surface area contributed by atoms with E-state index in [9.17, 15) is 0 Å². The molecule has 3 rings (SSSR count). The molecule has 1 fully saturated rings. The second-order valence-electron chi connectivity index (χ2n) is 5.20. The highest BCUT2D eigenvalue weighted by Gasteiger charge is 2.33. The standard InChI is InChI=1S/C12H19N3/c1-8(2)15-12-10(7-13-15)6-9-4-3-5-11(9)14-12/h7-9,11,14H,3-6H2,1-2H3/t9-,11+/m1/s1. The summed E-state index contributed by atoms with van der Waals surface area (Å²) in [6.07, 6.45) is 7.41. The Kier molecular flexibility index (Phi) is 2.01. The summed E-state index contributed by atoms with van der Waals surface area (Å²) in [5.41, 5.74) is 1.42. The van der Waals surface area contributed by atoms with Crippen LogP contribution in [0.3, 0.4) is 0 Å². The van der Waals surface area contributed by atoms with Gasteiger partial charge in [0.2, 0.25) is 0 Å². The van der Waals surface area contributed by atoms with E-state index in [1.54, 1.807) is 0 Å². The van der Waals surface area contributed by atoms with Crippen molar-refractivity contribution in [1.82, 2.24) is 9.78 Å². The smallest absolute Gasteiger partial charge is 0.128 e. The van der Waals surface area contributed by atoms with Crippen molar-refractivity contribution in [3.8, 4) is 0 Å².